The molecule has 2 aromatic carbocycles. The van der Waals surface area contributed by atoms with Crippen LogP contribution in [0.15, 0.2) is 53.5 Å². The normalized spacial score (nSPS) is 18.9. The minimum Gasteiger partial charge on any atom is -0.362 e. The number of benzodiazepines with no additional fused rings is 1. The predicted octanol–water partition coefficient (Wildman–Crippen LogP) is 2.71. The maximum atomic E-state index is 13.2. The summed E-state index contributed by atoms with van der Waals surface area (Å²) in [4.78, 5) is 19.5. The monoisotopic (exact) mass is 458 g/mol. The van der Waals surface area contributed by atoms with Crippen LogP contribution in [0.4, 0.5) is 5.69 Å². The van der Waals surface area contributed by atoms with E-state index in [1.54, 1.807) is 18.0 Å². The van der Waals surface area contributed by atoms with Crippen molar-refractivity contribution in [1.82, 2.24) is 10.6 Å². The fourth-order valence-corrected chi connectivity index (χ4v) is 3.90. The number of aliphatic imine (C=N–C) groups is 1. The molecule has 2 heterocycles. The molecule has 0 aromatic heterocycles. The fraction of sp³-hybridized carbons (Fsp3) is 0.318. The maximum absolute atomic E-state index is 13.2. The Morgan fingerprint density at radius 2 is 1.97 bits per heavy atom. The zero-order valence-corrected chi connectivity index (χ0v) is 18.6. The molecule has 9 heteroatoms. The number of amides is 1. The molecule has 0 radical (unpaired) electrons. The summed E-state index contributed by atoms with van der Waals surface area (Å²) in [5.41, 5.74) is 3.07. The van der Waals surface area contributed by atoms with Gasteiger partial charge in [-0.25, -0.2) is 4.99 Å². The number of nitrogens with one attached hydrogen (secondary N) is 2. The van der Waals surface area contributed by atoms with Gasteiger partial charge in [-0.2, -0.15) is 0 Å². The first kappa shape index (κ1) is 21.7. The van der Waals surface area contributed by atoms with Gasteiger partial charge in [0.1, 0.15) is 0 Å². The zero-order valence-electron chi connectivity index (χ0n) is 17.0. The molecule has 31 heavy (non-hydrogen) atoms. The molecule has 162 valence electrons. The van der Waals surface area contributed by atoms with E-state index >= 15 is 0 Å². The van der Waals surface area contributed by atoms with E-state index in [4.69, 9.17) is 38.3 Å². The summed E-state index contributed by atoms with van der Waals surface area (Å²) in [6.07, 6.45) is -0.448. The second kappa shape index (κ2) is 9.74. The van der Waals surface area contributed by atoms with Crippen molar-refractivity contribution in [2.75, 3.05) is 31.7 Å². The summed E-state index contributed by atoms with van der Waals surface area (Å²) in [5, 5.41) is 7.05. The molecule has 1 atom stereocenters. The van der Waals surface area contributed by atoms with Crippen LogP contribution in [0.1, 0.15) is 17.5 Å². The molecule has 0 spiro atoms. The van der Waals surface area contributed by atoms with Gasteiger partial charge < -0.3 is 25.0 Å². The molecule has 4 rings (SSSR count). The van der Waals surface area contributed by atoms with Crippen molar-refractivity contribution in [2.24, 2.45) is 4.99 Å². The molecule has 1 amide bonds. The van der Waals surface area contributed by atoms with E-state index in [0.717, 1.165) is 16.8 Å². The highest BCUT2D eigenvalue weighted by atomic mass is 35.5. The first-order valence-electron chi connectivity index (χ1n) is 10.0. The average Bonchev–Trinajstić information content (AvgIpc) is 3.26. The van der Waals surface area contributed by atoms with Gasteiger partial charge in [0.05, 0.1) is 24.6 Å². The molecule has 2 aliphatic heterocycles. The van der Waals surface area contributed by atoms with Crippen LogP contribution in [-0.2, 0) is 14.3 Å². The Balaban J connectivity index is 1.57. The van der Waals surface area contributed by atoms with Crippen LogP contribution >= 0.6 is 23.8 Å². The Labute approximate surface area is 191 Å². The number of hydrogen-bond donors (Lipinski definition) is 2. The highest BCUT2D eigenvalue weighted by Gasteiger charge is 2.30. The van der Waals surface area contributed by atoms with Gasteiger partial charge in [0, 0.05) is 36.2 Å². The van der Waals surface area contributed by atoms with Crippen molar-refractivity contribution in [3.63, 3.8) is 0 Å². The molecule has 2 N–H and O–H groups in total. The fourth-order valence-electron chi connectivity index (χ4n) is 3.52. The number of anilines is 1. The van der Waals surface area contributed by atoms with Crippen LogP contribution in [0.2, 0.25) is 5.02 Å². The summed E-state index contributed by atoms with van der Waals surface area (Å²) in [6, 6.07) is 15.1. The van der Waals surface area contributed by atoms with Gasteiger partial charge in [-0.15, -0.1) is 0 Å². The third-order valence-corrected chi connectivity index (χ3v) is 5.57. The number of fused-ring (bicyclic) bond motifs is 1. The lowest BCUT2D eigenvalue weighted by Crippen LogP contribution is -2.49. The molecular weight excluding hydrogens is 436 g/mol. The lowest BCUT2D eigenvalue weighted by Gasteiger charge is -2.22. The predicted molar refractivity (Wildman–Crippen MR) is 125 cm³/mol. The number of halogens is 1. The van der Waals surface area contributed by atoms with Crippen molar-refractivity contribution >= 4 is 46.2 Å². The van der Waals surface area contributed by atoms with E-state index in [-0.39, 0.29) is 12.2 Å². The molecule has 7 nitrogen and oxygen atoms in total. The van der Waals surface area contributed by atoms with Crippen LogP contribution in [0.25, 0.3) is 0 Å². The Morgan fingerprint density at radius 1 is 1.23 bits per heavy atom. The number of rotatable bonds is 5. The van der Waals surface area contributed by atoms with Gasteiger partial charge >= 0.3 is 0 Å². The summed E-state index contributed by atoms with van der Waals surface area (Å²) >= 11 is 11.7. The molecule has 1 fully saturated rings. The number of ether oxygens (including phenoxy) is 2. The molecule has 2 aromatic rings. The van der Waals surface area contributed by atoms with Gasteiger partial charge in [-0.3, -0.25) is 4.79 Å². The average molecular weight is 459 g/mol. The number of benzene rings is 2. The smallest absolute Gasteiger partial charge is 0.272 e. The van der Waals surface area contributed by atoms with Crippen molar-refractivity contribution < 1.29 is 14.3 Å². The lowest BCUT2D eigenvalue weighted by molar-refractivity contribution is -0.119. The Hall–Kier alpha value is -2.52. The Bertz CT molecular complexity index is 996. The quantitative estimate of drug-likeness (QED) is 0.671. The van der Waals surface area contributed by atoms with Crippen LogP contribution in [0, 0.1) is 0 Å². The minimum absolute atomic E-state index is 0.220. The zero-order chi connectivity index (χ0) is 21.8. The van der Waals surface area contributed by atoms with E-state index in [1.807, 2.05) is 42.5 Å². The van der Waals surface area contributed by atoms with E-state index in [1.165, 1.54) is 0 Å². The van der Waals surface area contributed by atoms with E-state index in [0.29, 0.717) is 42.0 Å². The lowest BCUT2D eigenvalue weighted by atomic mass is 10.0. The van der Waals surface area contributed by atoms with E-state index in [9.17, 15) is 4.79 Å². The maximum Gasteiger partial charge on any atom is 0.272 e. The second-order valence-corrected chi connectivity index (χ2v) is 8.01. The van der Waals surface area contributed by atoms with Crippen LogP contribution < -0.4 is 15.5 Å². The molecule has 0 saturated carbocycles. The topological polar surface area (TPSA) is 75.2 Å². The highest BCUT2D eigenvalue weighted by Crippen LogP contribution is 2.29. The van der Waals surface area contributed by atoms with Gasteiger partial charge in [0.25, 0.3) is 5.91 Å². The van der Waals surface area contributed by atoms with E-state index in [2.05, 4.69) is 10.6 Å². The van der Waals surface area contributed by atoms with Crippen molar-refractivity contribution in [3.8, 4) is 0 Å². The third kappa shape index (κ3) is 5.04. The number of carbonyl (C=O) groups is 1. The van der Waals surface area contributed by atoms with Gasteiger partial charge in [0.2, 0.25) is 6.17 Å². The minimum atomic E-state index is -0.884. The third-order valence-electron chi connectivity index (χ3n) is 5.07. The number of likely N-dealkylation sites (N-methyl/N-ethyl adjacent to an activating group) is 1. The van der Waals surface area contributed by atoms with Crippen LogP contribution in [-0.4, -0.2) is 56.0 Å². The first-order valence-corrected chi connectivity index (χ1v) is 10.8. The number of hydrogen-bond acceptors (Lipinski definition) is 5. The first-order chi connectivity index (χ1) is 15.0. The number of nitrogens with zero attached hydrogens (tertiary/aromatic N) is 2. The summed E-state index contributed by atoms with van der Waals surface area (Å²) in [5.74, 6) is -0.221. The van der Waals surface area contributed by atoms with Crippen LogP contribution in [0.3, 0.4) is 0 Å². The molecule has 2 aliphatic rings. The number of thiocarbonyl (C=S) groups is 1. The van der Waals surface area contributed by atoms with E-state index < -0.39 is 6.17 Å². The van der Waals surface area contributed by atoms with Gasteiger partial charge in [-0.1, -0.05) is 41.9 Å². The molecule has 1 saturated heterocycles. The van der Waals surface area contributed by atoms with Crippen molar-refractivity contribution in [3.05, 3.63) is 64.7 Å². The summed E-state index contributed by atoms with van der Waals surface area (Å²) in [6.45, 7) is 1.77. The van der Waals surface area contributed by atoms with Crippen LogP contribution in [0.5, 0.6) is 0 Å². The highest BCUT2D eigenvalue weighted by molar-refractivity contribution is 7.80. The van der Waals surface area contributed by atoms with Crippen molar-refractivity contribution in [1.29, 1.82) is 0 Å². The van der Waals surface area contributed by atoms with Crippen molar-refractivity contribution in [2.45, 2.75) is 18.9 Å². The molecule has 0 aliphatic carbocycles. The molecule has 1 unspecified atom stereocenters. The summed E-state index contributed by atoms with van der Waals surface area (Å²) in [7, 11) is 1.72. The summed E-state index contributed by atoms with van der Waals surface area (Å²) < 4.78 is 10.8. The Morgan fingerprint density at radius 3 is 2.71 bits per heavy atom. The molecular formula is C22H23ClN4O3S. The second-order valence-electron chi connectivity index (χ2n) is 7.17. The SMILES string of the molecule is CN1C(=O)C(NC(=S)NCCC2OCCO2)N=C(c2ccccc2)c2cc(Cl)ccc21. The Kier molecular flexibility index (Phi) is 6.82. The number of carbonyl (C=O) groups excluding carboxylic acids is 1. The van der Waals surface area contributed by atoms with Gasteiger partial charge in [0.15, 0.2) is 11.4 Å². The van der Waals surface area contributed by atoms with Gasteiger partial charge in [-0.05, 0) is 30.4 Å². The molecule has 0 bridgehead atoms. The standard InChI is InChI=1S/C22H23ClN4O3S/c1-27-17-8-7-15(23)13-16(17)19(14-5-3-2-4-6-14)25-20(21(27)28)26-22(31)24-10-9-18-29-11-12-30-18/h2-8,13,18,20H,9-12H2,1H3,(H2,24,26,31). The largest absolute Gasteiger partial charge is 0.362 e.